The van der Waals surface area contributed by atoms with Crippen LogP contribution in [0.25, 0.3) is 0 Å². The van der Waals surface area contributed by atoms with Crippen molar-refractivity contribution >= 4 is 37.8 Å². The SMILES string of the molecule is COC(=O)c1sc(NCC2CC2)c(S(C)(=O)=O)c1N. The number of methoxy groups -OCH3 is 1. The van der Waals surface area contributed by atoms with Crippen LogP contribution >= 0.6 is 11.3 Å². The smallest absolute Gasteiger partial charge is 0.350 e. The Kier molecular flexibility index (Phi) is 3.73. The molecule has 6 nitrogen and oxygen atoms in total. The number of esters is 1. The maximum atomic E-state index is 11.8. The number of nitrogens with one attached hydrogen (secondary N) is 1. The monoisotopic (exact) mass is 304 g/mol. The van der Waals surface area contributed by atoms with E-state index in [0.717, 1.165) is 30.4 Å². The lowest BCUT2D eigenvalue weighted by Crippen LogP contribution is -2.08. The number of nitrogen functional groups attached to an aromatic ring is 1. The number of thiophene rings is 1. The molecule has 2 rings (SSSR count). The van der Waals surface area contributed by atoms with Gasteiger partial charge in [0.25, 0.3) is 0 Å². The highest BCUT2D eigenvalue weighted by molar-refractivity contribution is 7.91. The van der Waals surface area contributed by atoms with Crippen LogP contribution in [-0.4, -0.2) is 34.3 Å². The molecule has 0 unspecified atom stereocenters. The molecule has 1 aromatic heterocycles. The van der Waals surface area contributed by atoms with Gasteiger partial charge in [-0.25, -0.2) is 13.2 Å². The summed E-state index contributed by atoms with van der Waals surface area (Å²) in [5.74, 6) is -0.0378. The summed E-state index contributed by atoms with van der Waals surface area (Å²) in [7, 11) is -2.26. The third-order valence-corrected chi connectivity index (χ3v) is 5.33. The standard InChI is InChI=1S/C11H16N2O4S2/c1-17-11(14)8-7(12)9(19(2,15)16)10(18-8)13-5-6-3-4-6/h6,13H,3-5,12H2,1-2H3. The number of carbonyl (C=O) groups is 1. The van der Waals surface area contributed by atoms with Crippen LogP contribution in [0.4, 0.5) is 10.7 Å². The van der Waals surface area contributed by atoms with Crippen molar-refractivity contribution in [2.45, 2.75) is 17.7 Å². The van der Waals surface area contributed by atoms with Gasteiger partial charge in [0, 0.05) is 12.8 Å². The largest absolute Gasteiger partial charge is 0.465 e. The molecule has 0 spiro atoms. The van der Waals surface area contributed by atoms with Gasteiger partial charge < -0.3 is 15.8 Å². The van der Waals surface area contributed by atoms with E-state index in [-0.39, 0.29) is 15.5 Å². The molecule has 8 heteroatoms. The fraction of sp³-hybridized carbons (Fsp3) is 0.545. The second kappa shape index (κ2) is 5.01. The van der Waals surface area contributed by atoms with Crippen LogP contribution < -0.4 is 11.1 Å². The van der Waals surface area contributed by atoms with Gasteiger partial charge in [-0.05, 0) is 18.8 Å². The maximum Gasteiger partial charge on any atom is 0.350 e. The van der Waals surface area contributed by atoms with Gasteiger partial charge in [-0.2, -0.15) is 0 Å². The zero-order valence-corrected chi connectivity index (χ0v) is 12.4. The summed E-state index contributed by atoms with van der Waals surface area (Å²) in [6, 6.07) is 0. The van der Waals surface area contributed by atoms with Crippen molar-refractivity contribution in [1.82, 2.24) is 0 Å². The Balaban J connectivity index is 2.41. The van der Waals surface area contributed by atoms with Gasteiger partial charge in [0.05, 0.1) is 12.8 Å². The molecule has 106 valence electrons. The molecular weight excluding hydrogens is 288 g/mol. The molecule has 0 amide bonds. The second-order valence-electron chi connectivity index (χ2n) is 4.59. The lowest BCUT2D eigenvalue weighted by atomic mass is 10.4. The molecule has 1 aromatic rings. The van der Waals surface area contributed by atoms with Crippen molar-refractivity contribution in [3.05, 3.63) is 4.88 Å². The van der Waals surface area contributed by atoms with Crippen LogP contribution in [0.5, 0.6) is 0 Å². The highest BCUT2D eigenvalue weighted by atomic mass is 32.2. The molecule has 0 radical (unpaired) electrons. The average Bonchev–Trinajstić information content (AvgIpc) is 3.08. The number of carbonyl (C=O) groups excluding carboxylic acids is 1. The molecule has 19 heavy (non-hydrogen) atoms. The molecule has 0 bridgehead atoms. The predicted molar refractivity (Wildman–Crippen MR) is 74.4 cm³/mol. The summed E-state index contributed by atoms with van der Waals surface area (Å²) in [6.45, 7) is 0.698. The van der Waals surface area contributed by atoms with Crippen LogP contribution in [0.3, 0.4) is 0 Å². The second-order valence-corrected chi connectivity index (χ2v) is 7.56. The number of hydrogen-bond donors (Lipinski definition) is 2. The highest BCUT2D eigenvalue weighted by Crippen LogP contribution is 2.40. The van der Waals surface area contributed by atoms with E-state index in [1.54, 1.807) is 0 Å². The fourth-order valence-electron chi connectivity index (χ4n) is 1.72. The Bertz CT molecular complexity index is 602. The quantitative estimate of drug-likeness (QED) is 0.797. The summed E-state index contributed by atoms with van der Waals surface area (Å²) in [4.78, 5) is 11.7. The molecular formula is C11H16N2O4S2. The lowest BCUT2D eigenvalue weighted by molar-refractivity contribution is 0.0607. The molecule has 1 aliphatic rings. The molecule has 0 atom stereocenters. The molecule has 1 saturated carbocycles. The zero-order valence-electron chi connectivity index (χ0n) is 10.7. The molecule has 0 aromatic carbocycles. The van der Waals surface area contributed by atoms with Gasteiger partial charge in [0.2, 0.25) is 0 Å². The van der Waals surface area contributed by atoms with Gasteiger partial charge in [-0.15, -0.1) is 11.3 Å². The summed E-state index contributed by atoms with van der Waals surface area (Å²) < 4.78 is 28.2. The van der Waals surface area contributed by atoms with E-state index in [9.17, 15) is 13.2 Å². The van der Waals surface area contributed by atoms with E-state index < -0.39 is 15.8 Å². The Labute approximate surface area is 115 Å². The van der Waals surface area contributed by atoms with E-state index >= 15 is 0 Å². The number of hydrogen-bond acceptors (Lipinski definition) is 7. The molecule has 1 fully saturated rings. The first-order chi connectivity index (χ1) is 8.84. The van der Waals surface area contributed by atoms with Crippen molar-refractivity contribution in [2.24, 2.45) is 5.92 Å². The molecule has 1 aliphatic carbocycles. The number of anilines is 2. The average molecular weight is 304 g/mol. The Morgan fingerprint density at radius 1 is 1.53 bits per heavy atom. The minimum absolute atomic E-state index is 0.00134. The van der Waals surface area contributed by atoms with Crippen molar-refractivity contribution in [1.29, 1.82) is 0 Å². The lowest BCUT2D eigenvalue weighted by Gasteiger charge is -2.05. The Morgan fingerprint density at radius 2 is 2.16 bits per heavy atom. The summed E-state index contributed by atoms with van der Waals surface area (Å²) in [5, 5.41) is 3.50. The Morgan fingerprint density at radius 3 is 2.63 bits per heavy atom. The normalized spacial score (nSPS) is 15.3. The van der Waals surface area contributed by atoms with Crippen molar-refractivity contribution in [2.75, 3.05) is 31.0 Å². The third kappa shape index (κ3) is 3.01. The molecule has 3 N–H and O–H groups in total. The molecule has 0 aliphatic heterocycles. The summed E-state index contributed by atoms with van der Waals surface area (Å²) in [6.07, 6.45) is 3.37. The highest BCUT2D eigenvalue weighted by Gasteiger charge is 2.29. The molecule has 0 saturated heterocycles. The van der Waals surface area contributed by atoms with E-state index in [1.165, 1.54) is 7.11 Å². The minimum Gasteiger partial charge on any atom is -0.465 e. The first-order valence-corrected chi connectivity index (χ1v) is 8.50. The number of rotatable bonds is 5. The number of sulfone groups is 1. The van der Waals surface area contributed by atoms with Gasteiger partial charge in [0.1, 0.15) is 14.8 Å². The van der Waals surface area contributed by atoms with E-state index in [1.807, 2.05) is 0 Å². The first-order valence-electron chi connectivity index (χ1n) is 5.79. The zero-order chi connectivity index (χ0) is 14.2. The first kappa shape index (κ1) is 14.1. The van der Waals surface area contributed by atoms with Crippen LogP contribution in [-0.2, 0) is 14.6 Å². The Hall–Kier alpha value is -1.28. The van der Waals surface area contributed by atoms with Crippen LogP contribution in [0.1, 0.15) is 22.5 Å². The van der Waals surface area contributed by atoms with Crippen LogP contribution in [0.15, 0.2) is 4.90 Å². The van der Waals surface area contributed by atoms with Crippen molar-refractivity contribution < 1.29 is 17.9 Å². The van der Waals surface area contributed by atoms with Crippen molar-refractivity contribution in [3.63, 3.8) is 0 Å². The summed E-state index contributed by atoms with van der Waals surface area (Å²) >= 11 is 1.03. The predicted octanol–water partition coefficient (Wildman–Crippen LogP) is 1.34. The van der Waals surface area contributed by atoms with Gasteiger partial charge >= 0.3 is 5.97 Å². The minimum atomic E-state index is -3.50. The van der Waals surface area contributed by atoms with E-state index in [0.29, 0.717) is 17.5 Å². The van der Waals surface area contributed by atoms with E-state index in [2.05, 4.69) is 10.1 Å². The van der Waals surface area contributed by atoms with Crippen LogP contribution in [0, 0.1) is 5.92 Å². The fourth-order valence-corrected chi connectivity index (χ4v) is 4.21. The van der Waals surface area contributed by atoms with Gasteiger partial charge in [0.15, 0.2) is 9.84 Å². The third-order valence-electron chi connectivity index (χ3n) is 2.89. The van der Waals surface area contributed by atoms with Gasteiger partial charge in [-0.1, -0.05) is 0 Å². The van der Waals surface area contributed by atoms with Crippen LogP contribution in [0.2, 0.25) is 0 Å². The molecule has 1 heterocycles. The summed E-state index contributed by atoms with van der Waals surface area (Å²) in [5.41, 5.74) is 5.75. The number of nitrogens with two attached hydrogens (primary N) is 1. The number of ether oxygens (including phenoxy) is 1. The topological polar surface area (TPSA) is 98.5 Å². The van der Waals surface area contributed by atoms with E-state index in [4.69, 9.17) is 5.73 Å². The van der Waals surface area contributed by atoms with Gasteiger partial charge in [-0.3, -0.25) is 0 Å². The van der Waals surface area contributed by atoms with Crippen molar-refractivity contribution in [3.8, 4) is 0 Å². The maximum absolute atomic E-state index is 11.8.